The molecule has 1 N–H and O–H groups in total. The van der Waals surface area contributed by atoms with Gasteiger partial charge in [0.2, 0.25) is 0 Å². The Kier molecular flexibility index (Phi) is 3.94. The van der Waals surface area contributed by atoms with Crippen LogP contribution in [0.5, 0.6) is 0 Å². The molecule has 1 aliphatic rings. The minimum absolute atomic E-state index is 0.425. The van der Waals surface area contributed by atoms with Crippen molar-refractivity contribution in [3.8, 4) is 0 Å². The van der Waals surface area contributed by atoms with E-state index < -0.39 is 0 Å². The molecular weight excluding hydrogens is 196 g/mol. The Hall–Kier alpha value is -0.890. The summed E-state index contributed by atoms with van der Waals surface area (Å²) in [4.78, 5) is 4.21. The zero-order valence-corrected chi connectivity index (χ0v) is 10.4. The average Bonchev–Trinajstić information content (AvgIpc) is 2.79. The van der Waals surface area contributed by atoms with Crippen molar-refractivity contribution in [2.24, 2.45) is 5.92 Å². The van der Waals surface area contributed by atoms with Crippen molar-refractivity contribution in [3.63, 3.8) is 0 Å². The molecular formula is C14H22N2. The van der Waals surface area contributed by atoms with Crippen molar-refractivity contribution >= 4 is 0 Å². The summed E-state index contributed by atoms with van der Waals surface area (Å²) >= 11 is 0. The zero-order chi connectivity index (χ0) is 11.4. The summed E-state index contributed by atoms with van der Waals surface area (Å²) in [6.45, 7) is 5.55. The van der Waals surface area contributed by atoms with E-state index in [1.54, 1.807) is 0 Å². The summed E-state index contributed by atoms with van der Waals surface area (Å²) in [5, 5.41) is 3.64. The third-order valence-electron chi connectivity index (χ3n) is 3.73. The Balaban J connectivity index is 1.87. The molecule has 1 atom stereocenters. The third kappa shape index (κ3) is 2.82. The summed E-state index contributed by atoms with van der Waals surface area (Å²) in [6.07, 6.45) is 9.51. The van der Waals surface area contributed by atoms with Gasteiger partial charge in [0.05, 0.1) is 0 Å². The third-order valence-corrected chi connectivity index (χ3v) is 3.73. The van der Waals surface area contributed by atoms with Crippen molar-refractivity contribution in [2.45, 2.75) is 45.6 Å². The molecule has 0 radical (unpaired) electrons. The van der Waals surface area contributed by atoms with Crippen LogP contribution in [0.25, 0.3) is 0 Å². The summed E-state index contributed by atoms with van der Waals surface area (Å²) in [5.41, 5.74) is 2.67. The number of nitrogens with one attached hydrogen (secondary N) is 1. The van der Waals surface area contributed by atoms with E-state index in [1.807, 2.05) is 12.4 Å². The molecule has 0 aromatic carbocycles. The highest BCUT2D eigenvalue weighted by Gasteiger charge is 2.16. The number of aromatic nitrogens is 1. The zero-order valence-electron chi connectivity index (χ0n) is 10.4. The lowest BCUT2D eigenvalue weighted by Gasteiger charge is -2.18. The monoisotopic (exact) mass is 218 g/mol. The second kappa shape index (κ2) is 5.44. The van der Waals surface area contributed by atoms with Crippen molar-refractivity contribution in [1.82, 2.24) is 10.3 Å². The SMILES string of the molecule is Cc1ccncc1C(C)NCC1CCCC1. The van der Waals surface area contributed by atoms with Crippen LogP contribution in [0, 0.1) is 12.8 Å². The molecule has 0 amide bonds. The number of hydrogen-bond acceptors (Lipinski definition) is 2. The Morgan fingerprint density at radius 3 is 2.88 bits per heavy atom. The second-order valence-electron chi connectivity index (χ2n) is 5.01. The van der Waals surface area contributed by atoms with Crippen LogP contribution in [0.4, 0.5) is 0 Å². The Morgan fingerprint density at radius 1 is 1.44 bits per heavy atom. The Labute approximate surface area is 98.5 Å². The van der Waals surface area contributed by atoms with Crippen LogP contribution in [-0.4, -0.2) is 11.5 Å². The minimum atomic E-state index is 0.425. The topological polar surface area (TPSA) is 24.9 Å². The van der Waals surface area contributed by atoms with Crippen LogP contribution in [-0.2, 0) is 0 Å². The van der Waals surface area contributed by atoms with Crippen LogP contribution in [0.1, 0.15) is 49.8 Å². The van der Waals surface area contributed by atoms with Gasteiger partial charge in [-0.15, -0.1) is 0 Å². The van der Waals surface area contributed by atoms with Gasteiger partial charge in [-0.25, -0.2) is 0 Å². The molecule has 2 nitrogen and oxygen atoms in total. The van der Waals surface area contributed by atoms with E-state index in [4.69, 9.17) is 0 Å². The lowest BCUT2D eigenvalue weighted by atomic mass is 10.0. The van der Waals surface area contributed by atoms with Gasteiger partial charge in [-0.05, 0) is 56.3 Å². The molecule has 1 aromatic heterocycles. The lowest BCUT2D eigenvalue weighted by Crippen LogP contribution is -2.25. The van der Waals surface area contributed by atoms with Crippen LogP contribution < -0.4 is 5.32 Å². The number of pyridine rings is 1. The fraction of sp³-hybridized carbons (Fsp3) is 0.643. The normalized spacial score (nSPS) is 18.9. The molecule has 0 aliphatic heterocycles. The molecule has 2 heteroatoms. The molecule has 0 bridgehead atoms. The van der Waals surface area contributed by atoms with Crippen molar-refractivity contribution in [3.05, 3.63) is 29.6 Å². The first-order valence-corrected chi connectivity index (χ1v) is 6.41. The van der Waals surface area contributed by atoms with Crippen LogP contribution in [0.3, 0.4) is 0 Å². The first-order chi connectivity index (χ1) is 7.77. The first-order valence-electron chi connectivity index (χ1n) is 6.41. The van der Waals surface area contributed by atoms with Crippen LogP contribution in [0.15, 0.2) is 18.5 Å². The predicted molar refractivity (Wildman–Crippen MR) is 67.3 cm³/mol. The van der Waals surface area contributed by atoms with Gasteiger partial charge in [-0.3, -0.25) is 4.98 Å². The van der Waals surface area contributed by atoms with Gasteiger partial charge in [0.1, 0.15) is 0 Å². The summed E-state index contributed by atoms with van der Waals surface area (Å²) < 4.78 is 0. The highest BCUT2D eigenvalue weighted by molar-refractivity contribution is 5.24. The molecule has 1 saturated carbocycles. The molecule has 1 fully saturated rings. The first kappa shape index (κ1) is 11.6. The average molecular weight is 218 g/mol. The molecule has 1 aliphatic carbocycles. The molecule has 16 heavy (non-hydrogen) atoms. The Morgan fingerprint density at radius 2 is 2.19 bits per heavy atom. The van der Waals surface area contributed by atoms with E-state index in [-0.39, 0.29) is 0 Å². The molecule has 1 unspecified atom stereocenters. The van der Waals surface area contributed by atoms with E-state index in [1.165, 1.54) is 36.8 Å². The summed E-state index contributed by atoms with van der Waals surface area (Å²) in [5.74, 6) is 0.902. The Bertz CT molecular complexity index is 329. The quantitative estimate of drug-likeness (QED) is 0.839. The molecule has 2 rings (SSSR count). The molecule has 1 heterocycles. The minimum Gasteiger partial charge on any atom is -0.310 e. The number of aryl methyl sites for hydroxylation is 1. The van der Waals surface area contributed by atoms with E-state index in [9.17, 15) is 0 Å². The molecule has 0 spiro atoms. The summed E-state index contributed by atoms with van der Waals surface area (Å²) in [6, 6.07) is 2.51. The fourth-order valence-electron chi connectivity index (χ4n) is 2.60. The maximum Gasteiger partial charge on any atom is 0.0318 e. The van der Waals surface area contributed by atoms with E-state index in [2.05, 4.69) is 30.2 Å². The van der Waals surface area contributed by atoms with Gasteiger partial charge in [0, 0.05) is 18.4 Å². The molecule has 88 valence electrons. The number of hydrogen-bond donors (Lipinski definition) is 1. The predicted octanol–water partition coefficient (Wildman–Crippen LogP) is 3.23. The van der Waals surface area contributed by atoms with Gasteiger partial charge in [-0.1, -0.05) is 12.8 Å². The van der Waals surface area contributed by atoms with Gasteiger partial charge in [-0.2, -0.15) is 0 Å². The number of rotatable bonds is 4. The van der Waals surface area contributed by atoms with Gasteiger partial charge in [0.25, 0.3) is 0 Å². The highest BCUT2D eigenvalue weighted by Crippen LogP contribution is 2.25. The maximum atomic E-state index is 4.21. The van der Waals surface area contributed by atoms with Gasteiger partial charge < -0.3 is 5.32 Å². The van der Waals surface area contributed by atoms with Crippen molar-refractivity contribution in [1.29, 1.82) is 0 Å². The smallest absolute Gasteiger partial charge is 0.0318 e. The standard InChI is InChI=1S/C14H22N2/c1-11-7-8-15-10-14(11)12(2)16-9-13-5-3-4-6-13/h7-8,10,12-13,16H,3-6,9H2,1-2H3. The lowest BCUT2D eigenvalue weighted by molar-refractivity contribution is 0.451. The highest BCUT2D eigenvalue weighted by atomic mass is 14.9. The van der Waals surface area contributed by atoms with Gasteiger partial charge >= 0.3 is 0 Å². The largest absolute Gasteiger partial charge is 0.310 e. The van der Waals surface area contributed by atoms with Crippen molar-refractivity contribution < 1.29 is 0 Å². The van der Waals surface area contributed by atoms with Crippen LogP contribution in [0.2, 0.25) is 0 Å². The summed E-state index contributed by atoms with van der Waals surface area (Å²) in [7, 11) is 0. The van der Waals surface area contributed by atoms with Crippen molar-refractivity contribution in [2.75, 3.05) is 6.54 Å². The fourth-order valence-corrected chi connectivity index (χ4v) is 2.60. The molecule has 1 aromatic rings. The maximum absolute atomic E-state index is 4.21. The number of nitrogens with zero attached hydrogens (tertiary/aromatic N) is 1. The van der Waals surface area contributed by atoms with E-state index in [0.717, 1.165) is 12.5 Å². The van der Waals surface area contributed by atoms with E-state index in [0.29, 0.717) is 6.04 Å². The van der Waals surface area contributed by atoms with Crippen LogP contribution >= 0.6 is 0 Å². The molecule has 0 saturated heterocycles. The van der Waals surface area contributed by atoms with E-state index >= 15 is 0 Å². The second-order valence-corrected chi connectivity index (χ2v) is 5.01. The van der Waals surface area contributed by atoms with Gasteiger partial charge in [0.15, 0.2) is 0 Å².